The zero-order valence-corrected chi connectivity index (χ0v) is 29.9. The second-order valence-corrected chi connectivity index (χ2v) is 13.8. The van der Waals surface area contributed by atoms with Crippen LogP contribution in [-0.4, -0.2) is 19.1 Å². The fourth-order valence-electron chi connectivity index (χ4n) is 8.13. The molecule has 0 aliphatic rings. The van der Waals surface area contributed by atoms with Crippen LogP contribution >= 0.6 is 0 Å². The predicted octanol–water partition coefficient (Wildman–Crippen LogP) is 13.6. The van der Waals surface area contributed by atoms with Crippen molar-refractivity contribution in [2.45, 2.75) is 0 Å². The summed E-state index contributed by atoms with van der Waals surface area (Å²) in [6.07, 6.45) is 0. The van der Waals surface area contributed by atoms with Crippen molar-refractivity contribution in [3.05, 3.63) is 194 Å². The third kappa shape index (κ3) is 4.82. The average molecular weight is 739 g/mol. The molecule has 0 aliphatic heterocycles. The van der Waals surface area contributed by atoms with Crippen LogP contribution in [0.5, 0.6) is 0 Å². The summed E-state index contributed by atoms with van der Waals surface area (Å²) in [4.78, 5) is 10.3. The minimum atomic E-state index is -0.547. The molecule has 266 valence electrons. The van der Waals surface area contributed by atoms with Crippen molar-refractivity contribution in [1.29, 1.82) is 0 Å². The van der Waals surface area contributed by atoms with Gasteiger partial charge >= 0.3 is 0 Å². The Kier molecular flexibility index (Phi) is 5.05. The lowest BCUT2D eigenvalue weighted by Gasteiger charge is -2.15. The Bertz CT molecular complexity index is 4040. The van der Waals surface area contributed by atoms with Gasteiger partial charge in [0.2, 0.25) is 5.95 Å². The molecule has 0 radical (unpaired) electrons. The van der Waals surface area contributed by atoms with Crippen LogP contribution in [-0.2, 0) is 0 Å². The molecular weight excluding hydrogens is 697 g/mol. The number of aromatic nitrogens is 4. The monoisotopic (exact) mass is 738 g/mol. The first-order chi connectivity index (χ1) is 32.4. The maximum absolute atomic E-state index is 9.80. The summed E-state index contributed by atoms with van der Waals surface area (Å²) in [5.74, 6) is -0.0160. The van der Waals surface area contributed by atoms with E-state index >= 15 is 0 Å². The second kappa shape index (κ2) is 12.4. The van der Waals surface area contributed by atoms with Crippen molar-refractivity contribution in [3.63, 3.8) is 0 Å². The van der Waals surface area contributed by atoms with E-state index in [9.17, 15) is 8.22 Å². The SMILES string of the molecule is [2H]c1c([2H])c([2H])c2c(c1[2H])c1c([2H])c([2H])c3c4c([2H])c([2H])c([2H])c([2H])c4n(-c4nc(-c5ccccc5)cc(-c5ccccc5)n4)c3c1n2-c1cc(-c2ccccc2)c2c(c1)oc1ccccc12. The number of nitrogens with zero attached hydrogens (tertiary/aromatic N) is 4. The first-order valence-corrected chi connectivity index (χ1v) is 18.4. The highest BCUT2D eigenvalue weighted by Gasteiger charge is 2.24. The molecule has 12 aromatic rings. The van der Waals surface area contributed by atoms with E-state index < -0.39 is 60.4 Å². The van der Waals surface area contributed by atoms with Crippen LogP contribution in [0.25, 0.3) is 111 Å². The lowest BCUT2D eigenvalue weighted by Crippen LogP contribution is -2.05. The Morgan fingerprint density at radius 1 is 0.439 bits per heavy atom. The number of para-hydroxylation sites is 3. The van der Waals surface area contributed by atoms with Gasteiger partial charge in [-0.1, -0.05) is 158 Å². The molecule has 0 saturated heterocycles. The van der Waals surface area contributed by atoms with Gasteiger partial charge in [0, 0.05) is 49.5 Å². The van der Waals surface area contributed by atoms with Crippen molar-refractivity contribution >= 4 is 65.6 Å². The highest BCUT2D eigenvalue weighted by Crippen LogP contribution is 2.44. The number of furan rings is 1. The molecular formula is C52H32N4O. The van der Waals surface area contributed by atoms with Gasteiger partial charge in [-0.3, -0.25) is 4.57 Å². The van der Waals surface area contributed by atoms with E-state index in [4.69, 9.17) is 19.9 Å². The standard InChI is InChI=1S/C52H32N4O/c1-4-16-33(17-5-1)42-30-36(31-48-49(42)41-24-12-15-27-47(41)57-48)55-45-25-13-10-22-37(45)39-28-29-40-38-23-11-14-26-46(38)56(51(40)50(39)55)52-53-43(34-18-6-2-7-19-34)32-44(54-52)35-20-8-3-9-21-35/h1-32H/i10D,11D,13D,14D,22D,23D,25D,26D,28D,29D. The third-order valence-electron chi connectivity index (χ3n) is 10.6. The largest absolute Gasteiger partial charge is 0.456 e. The van der Waals surface area contributed by atoms with E-state index in [0.717, 1.165) is 33.0 Å². The van der Waals surface area contributed by atoms with E-state index in [-0.39, 0.29) is 49.6 Å². The van der Waals surface area contributed by atoms with Gasteiger partial charge in [-0.05, 0) is 41.4 Å². The van der Waals surface area contributed by atoms with E-state index in [0.29, 0.717) is 28.2 Å². The van der Waals surface area contributed by atoms with Gasteiger partial charge < -0.3 is 8.98 Å². The molecule has 57 heavy (non-hydrogen) atoms. The molecule has 8 aromatic carbocycles. The van der Waals surface area contributed by atoms with Crippen LogP contribution in [0.1, 0.15) is 13.7 Å². The summed E-state index contributed by atoms with van der Waals surface area (Å²) >= 11 is 0. The number of hydrogen-bond acceptors (Lipinski definition) is 3. The van der Waals surface area contributed by atoms with Crippen molar-refractivity contribution in [3.8, 4) is 45.3 Å². The van der Waals surface area contributed by atoms with Gasteiger partial charge in [-0.15, -0.1) is 0 Å². The summed E-state index contributed by atoms with van der Waals surface area (Å²) in [5, 5.41) is 1.59. The van der Waals surface area contributed by atoms with Crippen LogP contribution in [0.4, 0.5) is 0 Å². The summed E-state index contributed by atoms with van der Waals surface area (Å²) in [6.45, 7) is 0. The summed E-state index contributed by atoms with van der Waals surface area (Å²) < 4.78 is 103. The number of benzene rings is 8. The van der Waals surface area contributed by atoms with Gasteiger partial charge in [0.25, 0.3) is 0 Å². The van der Waals surface area contributed by atoms with Gasteiger partial charge in [-0.2, -0.15) is 0 Å². The fraction of sp³-hybridized carbons (Fsp3) is 0. The van der Waals surface area contributed by atoms with E-state index in [1.54, 1.807) is 10.6 Å². The molecule has 0 N–H and O–H groups in total. The number of rotatable bonds is 5. The van der Waals surface area contributed by atoms with Gasteiger partial charge in [0.1, 0.15) is 11.2 Å². The number of fused-ring (bicyclic) bond motifs is 10. The molecule has 0 spiro atoms. The molecule has 4 heterocycles. The molecule has 0 bridgehead atoms. The lowest BCUT2D eigenvalue weighted by atomic mass is 9.98. The minimum absolute atomic E-state index is 0.00673. The Morgan fingerprint density at radius 2 is 0.965 bits per heavy atom. The smallest absolute Gasteiger partial charge is 0.235 e. The highest BCUT2D eigenvalue weighted by atomic mass is 16.3. The Morgan fingerprint density at radius 3 is 1.60 bits per heavy atom. The maximum Gasteiger partial charge on any atom is 0.235 e. The van der Waals surface area contributed by atoms with E-state index in [1.807, 2.05) is 127 Å². The zero-order chi connectivity index (χ0) is 46.2. The summed E-state index contributed by atoms with van der Waals surface area (Å²) in [7, 11) is 0. The normalized spacial score (nSPS) is 14.3. The molecule has 0 unspecified atom stereocenters. The summed E-state index contributed by atoms with van der Waals surface area (Å²) in [5.41, 5.74) is 5.69. The predicted molar refractivity (Wildman–Crippen MR) is 234 cm³/mol. The van der Waals surface area contributed by atoms with Crippen LogP contribution < -0.4 is 0 Å². The van der Waals surface area contributed by atoms with E-state index in [2.05, 4.69) is 0 Å². The Hall–Kier alpha value is -7.76. The molecule has 0 saturated carbocycles. The molecule has 5 nitrogen and oxygen atoms in total. The molecule has 12 rings (SSSR count). The molecule has 0 amide bonds. The Labute approximate surface area is 341 Å². The number of hydrogen-bond donors (Lipinski definition) is 0. The minimum Gasteiger partial charge on any atom is -0.456 e. The maximum atomic E-state index is 9.80. The molecule has 0 fully saturated rings. The first kappa shape index (κ1) is 23.2. The summed E-state index contributed by atoms with van der Waals surface area (Å²) in [6, 6.07) is 37.0. The third-order valence-corrected chi connectivity index (χ3v) is 10.6. The topological polar surface area (TPSA) is 48.8 Å². The van der Waals surface area contributed by atoms with Crippen molar-refractivity contribution in [2.24, 2.45) is 0 Å². The van der Waals surface area contributed by atoms with Gasteiger partial charge in [0.15, 0.2) is 0 Å². The fourth-order valence-corrected chi connectivity index (χ4v) is 8.13. The van der Waals surface area contributed by atoms with Crippen molar-refractivity contribution in [2.75, 3.05) is 0 Å². The van der Waals surface area contributed by atoms with Crippen LogP contribution in [0.15, 0.2) is 198 Å². The molecule has 5 heteroatoms. The molecule has 0 atom stereocenters. The lowest BCUT2D eigenvalue weighted by molar-refractivity contribution is 0.668. The first-order valence-electron chi connectivity index (χ1n) is 23.4. The van der Waals surface area contributed by atoms with Crippen LogP contribution in [0, 0.1) is 0 Å². The van der Waals surface area contributed by atoms with Gasteiger partial charge in [0.05, 0.1) is 52.8 Å². The van der Waals surface area contributed by atoms with Gasteiger partial charge in [-0.25, -0.2) is 9.97 Å². The average Bonchev–Trinajstić information content (AvgIpc) is 4.05. The Balaban J connectivity index is 1.37. The van der Waals surface area contributed by atoms with Crippen molar-refractivity contribution < 1.29 is 18.1 Å². The van der Waals surface area contributed by atoms with Crippen LogP contribution in [0.2, 0.25) is 0 Å². The van der Waals surface area contributed by atoms with Crippen LogP contribution in [0.3, 0.4) is 0 Å². The zero-order valence-electron chi connectivity index (χ0n) is 39.9. The highest BCUT2D eigenvalue weighted by molar-refractivity contribution is 6.24. The second-order valence-electron chi connectivity index (χ2n) is 13.8. The molecule has 0 aliphatic carbocycles. The van der Waals surface area contributed by atoms with E-state index in [1.165, 1.54) is 4.57 Å². The quantitative estimate of drug-likeness (QED) is 0.177. The van der Waals surface area contributed by atoms with Crippen molar-refractivity contribution in [1.82, 2.24) is 19.1 Å². The molecule has 4 aromatic heterocycles.